The third kappa shape index (κ3) is 5.55. The number of carboxylic acids is 1. The first-order chi connectivity index (χ1) is 9.81. The van der Waals surface area contributed by atoms with Gasteiger partial charge in [-0.3, -0.25) is 4.79 Å². The number of amides is 1. The lowest BCUT2D eigenvalue weighted by Crippen LogP contribution is -2.44. The maximum atomic E-state index is 12.0. The fourth-order valence-electron chi connectivity index (χ4n) is 1.75. The number of nitrogens with one attached hydrogen (secondary N) is 1. The van der Waals surface area contributed by atoms with E-state index in [9.17, 15) is 9.59 Å². The second-order valence-electron chi connectivity index (χ2n) is 5.59. The Morgan fingerprint density at radius 1 is 1.14 bits per heavy atom. The van der Waals surface area contributed by atoms with Crippen LogP contribution in [0.3, 0.4) is 0 Å². The zero-order valence-corrected chi connectivity index (χ0v) is 12.9. The third-order valence-electron chi connectivity index (χ3n) is 3.02. The maximum Gasteiger partial charge on any atom is 0.326 e. The second kappa shape index (κ2) is 7.78. The molecule has 21 heavy (non-hydrogen) atoms. The number of hydrogen-bond donors (Lipinski definition) is 2. The number of hydrogen-bond acceptors (Lipinski definition) is 3. The molecule has 116 valence electrons. The van der Waals surface area contributed by atoms with E-state index in [0.717, 1.165) is 5.56 Å². The summed E-state index contributed by atoms with van der Waals surface area (Å²) in [6.45, 7) is 7.92. The molecule has 0 aromatic heterocycles. The summed E-state index contributed by atoms with van der Waals surface area (Å²) >= 11 is 0. The van der Waals surface area contributed by atoms with Gasteiger partial charge in [0, 0.05) is 5.56 Å². The Bertz CT molecular complexity index is 480. The Labute approximate surface area is 125 Å². The van der Waals surface area contributed by atoms with E-state index in [1.165, 1.54) is 0 Å². The molecule has 0 unspecified atom stereocenters. The van der Waals surface area contributed by atoms with Crippen molar-refractivity contribution in [3.8, 4) is 0 Å². The highest BCUT2D eigenvalue weighted by Crippen LogP contribution is 2.09. The van der Waals surface area contributed by atoms with Gasteiger partial charge in [0.15, 0.2) is 0 Å². The Balaban J connectivity index is 2.68. The summed E-state index contributed by atoms with van der Waals surface area (Å²) in [6.07, 6.45) is 0.148. The first-order valence-electron chi connectivity index (χ1n) is 7.05. The number of rotatable bonds is 7. The minimum absolute atomic E-state index is 0.148. The molecular weight excluding hydrogens is 270 g/mol. The molecule has 0 saturated carbocycles. The molecule has 0 spiro atoms. The standard InChI is InChI=1S/C16H23NO4/c1-10(2)14(16(19)20)17-15(18)13-7-5-12(6-8-13)9-21-11(3)4/h5-8,10-11,14H,9H2,1-4H3,(H,17,18)(H,19,20)/t14-/m0/s1. The van der Waals surface area contributed by atoms with Gasteiger partial charge in [-0.05, 0) is 37.5 Å². The molecule has 0 heterocycles. The number of carbonyl (C=O) groups excluding carboxylic acids is 1. The fourth-order valence-corrected chi connectivity index (χ4v) is 1.75. The summed E-state index contributed by atoms with van der Waals surface area (Å²) in [5.41, 5.74) is 1.41. The van der Waals surface area contributed by atoms with E-state index >= 15 is 0 Å². The van der Waals surface area contributed by atoms with Gasteiger partial charge in [0.2, 0.25) is 0 Å². The topological polar surface area (TPSA) is 75.6 Å². The van der Waals surface area contributed by atoms with Gasteiger partial charge in [0.25, 0.3) is 5.91 Å². The predicted octanol–water partition coefficient (Wildman–Crippen LogP) is 2.45. The number of aliphatic carboxylic acids is 1. The monoisotopic (exact) mass is 293 g/mol. The van der Waals surface area contributed by atoms with Gasteiger partial charge in [-0.15, -0.1) is 0 Å². The van der Waals surface area contributed by atoms with E-state index < -0.39 is 12.0 Å². The van der Waals surface area contributed by atoms with Gasteiger partial charge in [0.05, 0.1) is 12.7 Å². The number of carbonyl (C=O) groups is 2. The van der Waals surface area contributed by atoms with Gasteiger partial charge < -0.3 is 15.2 Å². The van der Waals surface area contributed by atoms with Crippen LogP contribution in [0.2, 0.25) is 0 Å². The van der Waals surface area contributed by atoms with Crippen molar-refractivity contribution in [1.29, 1.82) is 0 Å². The molecule has 1 aromatic carbocycles. The molecule has 0 aliphatic rings. The summed E-state index contributed by atoms with van der Waals surface area (Å²) in [5.74, 6) is -1.59. The van der Waals surface area contributed by atoms with E-state index in [0.29, 0.717) is 12.2 Å². The van der Waals surface area contributed by atoms with Gasteiger partial charge in [-0.25, -0.2) is 4.79 Å². The first kappa shape index (κ1) is 17.2. The van der Waals surface area contributed by atoms with Crippen molar-refractivity contribution >= 4 is 11.9 Å². The van der Waals surface area contributed by atoms with Crippen LogP contribution in [0.5, 0.6) is 0 Å². The molecule has 1 aromatic rings. The van der Waals surface area contributed by atoms with Crippen LogP contribution in [0.25, 0.3) is 0 Å². The summed E-state index contributed by atoms with van der Waals surface area (Å²) in [7, 11) is 0. The molecule has 5 nitrogen and oxygen atoms in total. The van der Waals surface area contributed by atoms with Crippen LogP contribution in [0.15, 0.2) is 24.3 Å². The van der Waals surface area contributed by atoms with E-state index in [2.05, 4.69) is 5.32 Å². The lowest BCUT2D eigenvalue weighted by Gasteiger charge is -2.18. The Kier molecular flexibility index (Phi) is 6.37. The zero-order chi connectivity index (χ0) is 16.0. The Morgan fingerprint density at radius 3 is 2.14 bits per heavy atom. The molecule has 0 bridgehead atoms. The SMILES string of the molecule is CC(C)OCc1ccc(C(=O)N[C@H](C(=O)O)C(C)C)cc1. The zero-order valence-electron chi connectivity index (χ0n) is 12.9. The van der Waals surface area contributed by atoms with Crippen molar-refractivity contribution in [1.82, 2.24) is 5.32 Å². The molecule has 0 fully saturated rings. The summed E-state index contributed by atoms with van der Waals surface area (Å²) in [6, 6.07) is 6.08. The van der Waals surface area contributed by atoms with Crippen LogP contribution in [0.1, 0.15) is 43.6 Å². The highest BCUT2D eigenvalue weighted by molar-refractivity contribution is 5.96. The van der Waals surface area contributed by atoms with E-state index in [4.69, 9.17) is 9.84 Å². The molecule has 5 heteroatoms. The van der Waals surface area contributed by atoms with Crippen molar-refractivity contribution in [3.63, 3.8) is 0 Å². The van der Waals surface area contributed by atoms with Gasteiger partial charge in [0.1, 0.15) is 6.04 Å². The number of ether oxygens (including phenoxy) is 1. The van der Waals surface area contributed by atoms with Crippen molar-refractivity contribution in [2.45, 2.75) is 46.4 Å². The largest absolute Gasteiger partial charge is 0.480 e. The average molecular weight is 293 g/mol. The first-order valence-corrected chi connectivity index (χ1v) is 7.05. The van der Waals surface area contributed by atoms with Gasteiger partial charge in [-0.2, -0.15) is 0 Å². The van der Waals surface area contributed by atoms with Crippen LogP contribution in [0, 0.1) is 5.92 Å². The Hall–Kier alpha value is -1.88. The minimum Gasteiger partial charge on any atom is -0.480 e. The molecular formula is C16H23NO4. The average Bonchev–Trinajstić information content (AvgIpc) is 2.42. The molecule has 0 aliphatic carbocycles. The third-order valence-corrected chi connectivity index (χ3v) is 3.02. The van der Waals surface area contributed by atoms with Crippen molar-refractivity contribution in [2.75, 3.05) is 0 Å². The maximum absolute atomic E-state index is 12.0. The molecule has 0 radical (unpaired) electrons. The van der Waals surface area contributed by atoms with Crippen molar-refractivity contribution in [3.05, 3.63) is 35.4 Å². The minimum atomic E-state index is -1.03. The predicted molar refractivity (Wildman–Crippen MR) is 80.1 cm³/mol. The lowest BCUT2D eigenvalue weighted by atomic mass is 10.0. The summed E-state index contributed by atoms with van der Waals surface area (Å²) < 4.78 is 5.48. The lowest BCUT2D eigenvalue weighted by molar-refractivity contribution is -0.140. The normalized spacial score (nSPS) is 12.5. The molecule has 0 aliphatic heterocycles. The van der Waals surface area contributed by atoms with Crippen LogP contribution >= 0.6 is 0 Å². The summed E-state index contributed by atoms with van der Waals surface area (Å²) in [5, 5.41) is 11.6. The fraction of sp³-hybridized carbons (Fsp3) is 0.500. The Morgan fingerprint density at radius 2 is 1.71 bits per heavy atom. The van der Waals surface area contributed by atoms with E-state index in [-0.39, 0.29) is 17.9 Å². The van der Waals surface area contributed by atoms with Crippen molar-refractivity contribution in [2.24, 2.45) is 5.92 Å². The van der Waals surface area contributed by atoms with Crippen molar-refractivity contribution < 1.29 is 19.4 Å². The number of carboxylic acid groups (broad SMARTS) is 1. The summed E-state index contributed by atoms with van der Waals surface area (Å²) in [4.78, 5) is 23.1. The molecule has 1 rings (SSSR count). The molecule has 1 amide bonds. The van der Waals surface area contributed by atoms with Crippen LogP contribution < -0.4 is 5.32 Å². The van der Waals surface area contributed by atoms with Gasteiger partial charge >= 0.3 is 5.97 Å². The second-order valence-corrected chi connectivity index (χ2v) is 5.59. The smallest absolute Gasteiger partial charge is 0.326 e. The molecule has 2 N–H and O–H groups in total. The molecule has 1 atom stereocenters. The number of benzene rings is 1. The van der Waals surface area contributed by atoms with Gasteiger partial charge in [-0.1, -0.05) is 26.0 Å². The van der Waals surface area contributed by atoms with E-state index in [1.807, 2.05) is 26.0 Å². The van der Waals surface area contributed by atoms with Crippen LogP contribution in [-0.2, 0) is 16.1 Å². The van der Waals surface area contributed by atoms with E-state index in [1.54, 1.807) is 26.0 Å². The highest BCUT2D eigenvalue weighted by atomic mass is 16.5. The highest BCUT2D eigenvalue weighted by Gasteiger charge is 2.23. The van der Waals surface area contributed by atoms with Crippen LogP contribution in [-0.4, -0.2) is 29.1 Å². The van der Waals surface area contributed by atoms with Crippen LogP contribution in [0.4, 0.5) is 0 Å². The quantitative estimate of drug-likeness (QED) is 0.809. The molecule has 0 saturated heterocycles.